The molecule has 28 heavy (non-hydrogen) atoms. The largest absolute Gasteiger partial charge is 0.393 e. The Hall–Kier alpha value is -0.300. The Balaban J connectivity index is 1.50. The van der Waals surface area contributed by atoms with E-state index in [4.69, 9.17) is 0 Å². The van der Waals surface area contributed by atoms with Crippen molar-refractivity contribution >= 4 is 0 Å². The van der Waals surface area contributed by atoms with Crippen molar-refractivity contribution in [3.63, 3.8) is 0 Å². The van der Waals surface area contributed by atoms with Gasteiger partial charge in [0.1, 0.15) is 0 Å². The molecule has 0 saturated heterocycles. The number of hydrogen-bond acceptors (Lipinski definition) is 1. The fourth-order valence-corrected chi connectivity index (χ4v) is 8.51. The third kappa shape index (κ3) is 3.42. The van der Waals surface area contributed by atoms with E-state index in [0.717, 1.165) is 48.3 Å². The Morgan fingerprint density at radius 1 is 0.964 bits per heavy atom. The van der Waals surface area contributed by atoms with Crippen molar-refractivity contribution in [1.29, 1.82) is 0 Å². The summed E-state index contributed by atoms with van der Waals surface area (Å²) in [4.78, 5) is 0. The molecule has 0 bridgehead atoms. The van der Waals surface area contributed by atoms with Crippen LogP contribution in [-0.2, 0) is 0 Å². The molecule has 3 saturated carbocycles. The number of aliphatic hydroxyl groups excluding tert-OH is 1. The third-order valence-electron chi connectivity index (χ3n) is 10.3. The van der Waals surface area contributed by atoms with Crippen molar-refractivity contribution in [2.75, 3.05) is 0 Å². The minimum absolute atomic E-state index is 0.0376. The van der Waals surface area contributed by atoms with Gasteiger partial charge in [0.15, 0.2) is 0 Å². The molecule has 4 aliphatic rings. The van der Waals surface area contributed by atoms with Crippen LogP contribution in [0, 0.1) is 46.3 Å². The third-order valence-corrected chi connectivity index (χ3v) is 10.3. The zero-order chi connectivity index (χ0) is 20.1. The highest BCUT2D eigenvalue weighted by Crippen LogP contribution is 2.66. The molecular formula is C27H46O. The van der Waals surface area contributed by atoms with Crippen LogP contribution in [0.1, 0.15) is 105 Å². The summed E-state index contributed by atoms with van der Waals surface area (Å²) in [6, 6.07) is 0. The average molecular weight is 387 g/mol. The lowest BCUT2D eigenvalue weighted by Gasteiger charge is -2.57. The van der Waals surface area contributed by atoms with Crippen molar-refractivity contribution in [2.24, 2.45) is 46.3 Å². The molecule has 0 radical (unpaired) electrons. The first-order valence-electron chi connectivity index (χ1n) is 12.6. The number of rotatable bonds is 5. The van der Waals surface area contributed by atoms with E-state index in [0.29, 0.717) is 10.8 Å². The fraction of sp³-hybridized carbons (Fsp3) is 0.926. The number of aliphatic hydroxyl groups is 1. The van der Waals surface area contributed by atoms with Crippen LogP contribution in [0.2, 0.25) is 0 Å². The van der Waals surface area contributed by atoms with Gasteiger partial charge in [-0.2, -0.15) is 0 Å². The molecule has 0 aromatic heterocycles. The topological polar surface area (TPSA) is 20.2 Å². The summed E-state index contributed by atoms with van der Waals surface area (Å²) in [6.07, 6.45) is 17.2. The van der Waals surface area contributed by atoms with E-state index in [9.17, 15) is 5.11 Å². The number of hydrogen-bond donors (Lipinski definition) is 1. The molecule has 8 atom stereocenters. The molecule has 160 valence electrons. The predicted molar refractivity (Wildman–Crippen MR) is 119 cm³/mol. The second-order valence-electron chi connectivity index (χ2n) is 12.2. The highest BCUT2D eigenvalue weighted by molar-refractivity contribution is 5.27. The number of fused-ring (bicyclic) bond motifs is 5. The predicted octanol–water partition coefficient (Wildman–Crippen LogP) is 7.39. The van der Waals surface area contributed by atoms with Crippen LogP contribution < -0.4 is 0 Å². The monoisotopic (exact) mass is 386 g/mol. The van der Waals surface area contributed by atoms with Gasteiger partial charge in [-0.3, -0.25) is 0 Å². The lowest BCUT2D eigenvalue weighted by atomic mass is 9.47. The minimum atomic E-state index is -0.0376. The van der Waals surface area contributed by atoms with Crippen LogP contribution in [0.3, 0.4) is 0 Å². The van der Waals surface area contributed by atoms with Crippen molar-refractivity contribution in [2.45, 2.75) is 111 Å². The maximum absolute atomic E-state index is 10.2. The molecule has 0 aromatic rings. The van der Waals surface area contributed by atoms with Gasteiger partial charge in [0.25, 0.3) is 0 Å². The fourth-order valence-electron chi connectivity index (χ4n) is 8.51. The summed E-state index contributed by atoms with van der Waals surface area (Å²) in [5, 5.41) is 10.2. The van der Waals surface area contributed by atoms with Gasteiger partial charge in [0, 0.05) is 0 Å². The van der Waals surface area contributed by atoms with Gasteiger partial charge < -0.3 is 5.11 Å². The molecule has 0 heterocycles. The van der Waals surface area contributed by atoms with Gasteiger partial charge >= 0.3 is 0 Å². The van der Waals surface area contributed by atoms with Crippen molar-refractivity contribution in [3.8, 4) is 0 Å². The van der Waals surface area contributed by atoms with E-state index in [2.05, 4.69) is 40.7 Å². The van der Waals surface area contributed by atoms with Crippen LogP contribution in [0.4, 0.5) is 0 Å². The summed E-state index contributed by atoms with van der Waals surface area (Å²) >= 11 is 0. The van der Waals surface area contributed by atoms with Gasteiger partial charge in [-0.05, 0) is 97.7 Å². The molecule has 1 nitrogen and oxygen atoms in total. The molecule has 0 aromatic carbocycles. The maximum atomic E-state index is 10.2. The number of allylic oxidation sites excluding steroid dienone is 2. The molecular weight excluding hydrogens is 340 g/mol. The molecule has 1 heteroatoms. The summed E-state index contributed by atoms with van der Waals surface area (Å²) in [5.41, 5.74) is 2.89. The van der Waals surface area contributed by atoms with E-state index < -0.39 is 0 Å². The van der Waals surface area contributed by atoms with E-state index >= 15 is 0 Å². The smallest absolute Gasteiger partial charge is 0.0543 e. The highest BCUT2D eigenvalue weighted by Gasteiger charge is 2.58. The molecule has 0 aliphatic heterocycles. The summed E-state index contributed by atoms with van der Waals surface area (Å²) in [7, 11) is 0. The van der Waals surface area contributed by atoms with Crippen LogP contribution in [-0.4, -0.2) is 11.2 Å². The lowest BCUT2D eigenvalue weighted by molar-refractivity contribution is -0.0427. The summed E-state index contributed by atoms with van der Waals surface area (Å²) in [5.74, 6) is 5.07. The van der Waals surface area contributed by atoms with Crippen molar-refractivity contribution in [3.05, 3.63) is 11.6 Å². The van der Waals surface area contributed by atoms with Gasteiger partial charge in [0.05, 0.1) is 6.10 Å². The lowest BCUT2D eigenvalue weighted by Crippen LogP contribution is -2.49. The minimum Gasteiger partial charge on any atom is -0.393 e. The Morgan fingerprint density at radius 2 is 1.68 bits per heavy atom. The first-order chi connectivity index (χ1) is 13.3. The Kier molecular flexibility index (Phi) is 5.80. The normalized spacial score (nSPS) is 46.5. The van der Waals surface area contributed by atoms with Crippen LogP contribution in [0.5, 0.6) is 0 Å². The van der Waals surface area contributed by atoms with Crippen molar-refractivity contribution in [1.82, 2.24) is 0 Å². The second-order valence-corrected chi connectivity index (χ2v) is 12.2. The van der Waals surface area contributed by atoms with E-state index in [1.165, 1.54) is 57.8 Å². The molecule has 0 spiro atoms. The first-order valence-corrected chi connectivity index (χ1v) is 12.6. The van der Waals surface area contributed by atoms with E-state index in [1.54, 1.807) is 0 Å². The molecule has 0 amide bonds. The Bertz CT molecular complexity index is 591. The van der Waals surface area contributed by atoms with Crippen LogP contribution >= 0.6 is 0 Å². The second kappa shape index (κ2) is 7.75. The van der Waals surface area contributed by atoms with E-state index in [1.807, 2.05) is 5.57 Å². The molecule has 1 N–H and O–H groups in total. The SMILES string of the molecule is CC(C)CCC[C@@H](C)[C@@H]1CC[C@H]2C3=CC[C@H]4C[C@H](O)CC[C@@]4(C)[C@@H]3CC[C@]21C. The molecule has 0 unspecified atom stereocenters. The molecule has 4 rings (SSSR count). The first kappa shape index (κ1) is 21.0. The van der Waals surface area contributed by atoms with Crippen LogP contribution in [0.15, 0.2) is 11.6 Å². The molecule has 3 fully saturated rings. The maximum Gasteiger partial charge on any atom is 0.0543 e. The highest BCUT2D eigenvalue weighted by atomic mass is 16.3. The van der Waals surface area contributed by atoms with Crippen molar-refractivity contribution < 1.29 is 5.11 Å². The Labute approximate surface area is 174 Å². The summed E-state index contributed by atoms with van der Waals surface area (Å²) in [6.45, 7) is 12.6. The van der Waals surface area contributed by atoms with E-state index in [-0.39, 0.29) is 6.10 Å². The zero-order valence-corrected chi connectivity index (χ0v) is 19.3. The standard InChI is InChI=1S/C27H46O/c1-18(2)7-6-8-19(3)23-11-12-24-22-10-9-20-17-21(28)13-15-26(20,4)25(22)14-16-27(23,24)5/h10,18-21,23-25,28H,6-9,11-17H2,1-5H3/t19-,20+,21-,23+,24+,25-,26-,27+/m1/s1. The average Bonchev–Trinajstić information content (AvgIpc) is 2.99. The zero-order valence-electron chi connectivity index (χ0n) is 19.3. The molecule has 4 aliphatic carbocycles. The van der Waals surface area contributed by atoms with Gasteiger partial charge in [0.2, 0.25) is 0 Å². The van der Waals surface area contributed by atoms with Crippen LogP contribution in [0.25, 0.3) is 0 Å². The van der Waals surface area contributed by atoms with Gasteiger partial charge in [-0.1, -0.05) is 65.5 Å². The van der Waals surface area contributed by atoms with Gasteiger partial charge in [-0.15, -0.1) is 0 Å². The quantitative estimate of drug-likeness (QED) is 0.488. The van der Waals surface area contributed by atoms with Gasteiger partial charge in [-0.25, -0.2) is 0 Å². The summed E-state index contributed by atoms with van der Waals surface area (Å²) < 4.78 is 0. The Morgan fingerprint density at radius 3 is 2.43 bits per heavy atom.